The summed E-state index contributed by atoms with van der Waals surface area (Å²) in [5.41, 5.74) is 1.83. The number of amidine groups is 1. The minimum Gasteiger partial charge on any atom is -0.309 e. The van der Waals surface area contributed by atoms with Gasteiger partial charge in [0.1, 0.15) is 12.4 Å². The molecule has 0 aromatic heterocycles. The number of carbonyl (C=O) groups excluding carboxylic acids is 2. The van der Waals surface area contributed by atoms with Gasteiger partial charge >= 0.3 is 0 Å². The molecule has 4 rings (SSSR count). The van der Waals surface area contributed by atoms with Gasteiger partial charge in [-0.15, -0.1) is 0 Å². The number of carbonyl (C=O) groups is 2. The van der Waals surface area contributed by atoms with Crippen LogP contribution in [-0.2, 0) is 4.79 Å². The summed E-state index contributed by atoms with van der Waals surface area (Å²) in [6, 6.07) is 19.2. The second-order valence-corrected chi connectivity index (χ2v) is 6.71. The van der Waals surface area contributed by atoms with Crippen molar-refractivity contribution < 1.29 is 9.59 Å². The highest BCUT2D eigenvalue weighted by molar-refractivity contribution is 8.14. The number of amides is 2. The highest BCUT2D eigenvalue weighted by atomic mass is 32.2. The summed E-state index contributed by atoms with van der Waals surface area (Å²) in [6.07, 6.45) is 0. The SMILES string of the molecule is O=C1CN(c2ccccc2)C(=S)N1.O=C1NC(=Nc2ccccc2)CS1. The lowest BCUT2D eigenvalue weighted by molar-refractivity contribution is -0.117. The van der Waals surface area contributed by atoms with Gasteiger partial charge in [-0.05, 0) is 36.5 Å². The van der Waals surface area contributed by atoms with Crippen LogP contribution in [0.3, 0.4) is 0 Å². The van der Waals surface area contributed by atoms with Crippen LogP contribution < -0.4 is 15.5 Å². The summed E-state index contributed by atoms with van der Waals surface area (Å²) in [7, 11) is 0. The standard InChI is InChI=1S/2C9H8N2OS/c12-8-6-11(9(13)10-8)7-4-2-1-3-5-7;12-9-11-8(6-13-9)10-7-4-2-1-3-5-7/h1-5H,6H2,(H,10,12,13);1-5H,6H2,(H,10,11,12). The van der Waals surface area contributed by atoms with Gasteiger partial charge in [0.15, 0.2) is 5.11 Å². The zero-order chi connectivity index (χ0) is 18.4. The van der Waals surface area contributed by atoms with Gasteiger partial charge in [0, 0.05) is 5.69 Å². The molecule has 2 aliphatic rings. The summed E-state index contributed by atoms with van der Waals surface area (Å²) in [5.74, 6) is 1.34. The molecule has 2 fully saturated rings. The molecular weight excluding hydrogens is 368 g/mol. The monoisotopic (exact) mass is 384 g/mol. The zero-order valence-corrected chi connectivity index (χ0v) is 15.3. The molecule has 2 aliphatic heterocycles. The van der Waals surface area contributed by atoms with E-state index in [4.69, 9.17) is 12.2 Å². The Hall–Kier alpha value is -2.71. The second-order valence-electron chi connectivity index (χ2n) is 5.37. The molecule has 2 aromatic carbocycles. The van der Waals surface area contributed by atoms with Gasteiger partial charge < -0.3 is 15.5 Å². The van der Waals surface area contributed by atoms with E-state index in [1.54, 1.807) is 4.90 Å². The van der Waals surface area contributed by atoms with E-state index < -0.39 is 0 Å². The van der Waals surface area contributed by atoms with E-state index in [-0.39, 0.29) is 11.1 Å². The molecule has 0 atom stereocenters. The molecule has 2 heterocycles. The minimum absolute atomic E-state index is 0.0188. The Balaban J connectivity index is 0.000000151. The number of para-hydroxylation sites is 2. The average Bonchev–Trinajstić information content (AvgIpc) is 3.21. The van der Waals surface area contributed by atoms with E-state index in [1.165, 1.54) is 11.8 Å². The first-order chi connectivity index (χ1) is 12.6. The van der Waals surface area contributed by atoms with Crippen molar-refractivity contribution in [3.05, 3.63) is 60.7 Å². The van der Waals surface area contributed by atoms with E-state index in [2.05, 4.69) is 15.6 Å². The molecule has 2 saturated heterocycles. The summed E-state index contributed by atoms with van der Waals surface area (Å²) in [6.45, 7) is 0.322. The largest absolute Gasteiger partial charge is 0.309 e. The Bertz CT molecular complexity index is 841. The number of nitrogens with one attached hydrogen (secondary N) is 2. The molecular formula is C18H16N4O2S2. The Morgan fingerprint density at radius 3 is 2.15 bits per heavy atom. The predicted octanol–water partition coefficient (Wildman–Crippen LogP) is 3.08. The van der Waals surface area contributed by atoms with Crippen LogP contribution in [0.15, 0.2) is 65.7 Å². The Labute approximate surface area is 160 Å². The topological polar surface area (TPSA) is 73.8 Å². The maximum absolute atomic E-state index is 11.0. The van der Waals surface area contributed by atoms with Crippen LogP contribution in [0.1, 0.15) is 0 Å². The second kappa shape index (κ2) is 8.59. The van der Waals surface area contributed by atoms with Crippen LogP contribution in [0.5, 0.6) is 0 Å². The lowest BCUT2D eigenvalue weighted by Crippen LogP contribution is -2.27. The number of rotatable bonds is 2. The molecule has 2 N–H and O–H groups in total. The molecule has 0 spiro atoms. The van der Waals surface area contributed by atoms with Crippen molar-refractivity contribution in [3.8, 4) is 0 Å². The van der Waals surface area contributed by atoms with Gasteiger partial charge in [0.05, 0.1) is 11.4 Å². The third-order valence-electron chi connectivity index (χ3n) is 3.47. The summed E-state index contributed by atoms with van der Waals surface area (Å²) < 4.78 is 0. The first-order valence-corrected chi connectivity index (χ1v) is 9.24. The molecule has 8 heteroatoms. The minimum atomic E-state index is -0.0474. The van der Waals surface area contributed by atoms with Crippen LogP contribution in [0.25, 0.3) is 0 Å². The van der Waals surface area contributed by atoms with Gasteiger partial charge in [0.25, 0.3) is 5.24 Å². The number of anilines is 1. The van der Waals surface area contributed by atoms with Gasteiger partial charge in [0.2, 0.25) is 5.91 Å². The summed E-state index contributed by atoms with van der Waals surface area (Å²) in [5, 5.41) is 5.72. The molecule has 132 valence electrons. The van der Waals surface area contributed by atoms with E-state index in [9.17, 15) is 9.59 Å². The number of thioether (sulfide) groups is 1. The Morgan fingerprint density at radius 2 is 1.62 bits per heavy atom. The van der Waals surface area contributed by atoms with Crippen LogP contribution >= 0.6 is 24.0 Å². The number of hydrogen-bond acceptors (Lipinski definition) is 5. The fourth-order valence-corrected chi connectivity index (χ4v) is 3.18. The molecule has 26 heavy (non-hydrogen) atoms. The van der Waals surface area contributed by atoms with Gasteiger partial charge in [-0.3, -0.25) is 9.59 Å². The Morgan fingerprint density at radius 1 is 0.962 bits per heavy atom. The van der Waals surface area contributed by atoms with Crippen molar-refractivity contribution in [3.63, 3.8) is 0 Å². The number of thiocarbonyl (C=S) groups is 1. The van der Waals surface area contributed by atoms with Crippen LogP contribution in [-0.4, -0.2) is 34.4 Å². The molecule has 2 amide bonds. The van der Waals surface area contributed by atoms with E-state index in [0.29, 0.717) is 17.4 Å². The highest BCUT2D eigenvalue weighted by Crippen LogP contribution is 2.16. The maximum Gasteiger partial charge on any atom is 0.284 e. The van der Waals surface area contributed by atoms with Gasteiger partial charge in [-0.2, -0.15) is 0 Å². The first-order valence-electron chi connectivity index (χ1n) is 7.84. The number of benzene rings is 2. The molecule has 0 radical (unpaired) electrons. The van der Waals surface area contributed by atoms with Crippen molar-refractivity contribution in [2.75, 3.05) is 17.2 Å². The van der Waals surface area contributed by atoms with Gasteiger partial charge in [-0.1, -0.05) is 48.2 Å². The molecule has 0 unspecified atom stereocenters. The van der Waals surface area contributed by atoms with Gasteiger partial charge in [-0.25, -0.2) is 4.99 Å². The molecule has 6 nitrogen and oxygen atoms in total. The lowest BCUT2D eigenvalue weighted by Gasteiger charge is -2.14. The van der Waals surface area contributed by atoms with Crippen molar-refractivity contribution in [2.45, 2.75) is 0 Å². The quantitative estimate of drug-likeness (QED) is 0.779. The van der Waals surface area contributed by atoms with Crippen molar-refractivity contribution in [2.24, 2.45) is 4.99 Å². The molecule has 0 bridgehead atoms. The van der Waals surface area contributed by atoms with Crippen molar-refractivity contribution in [1.82, 2.24) is 10.6 Å². The summed E-state index contributed by atoms with van der Waals surface area (Å²) >= 11 is 6.24. The van der Waals surface area contributed by atoms with Crippen LogP contribution in [0.2, 0.25) is 0 Å². The highest BCUT2D eigenvalue weighted by Gasteiger charge is 2.24. The van der Waals surface area contributed by atoms with E-state index >= 15 is 0 Å². The first kappa shape index (κ1) is 18.1. The smallest absolute Gasteiger partial charge is 0.284 e. The normalized spacial score (nSPS) is 17.6. The molecule has 0 saturated carbocycles. The zero-order valence-electron chi connectivity index (χ0n) is 13.7. The maximum atomic E-state index is 11.0. The predicted molar refractivity (Wildman–Crippen MR) is 109 cm³/mol. The van der Waals surface area contributed by atoms with Crippen LogP contribution in [0.4, 0.5) is 16.2 Å². The number of aliphatic imine (C=N–C) groups is 1. The van der Waals surface area contributed by atoms with Crippen LogP contribution in [0, 0.1) is 0 Å². The third-order valence-corrected chi connectivity index (χ3v) is 4.57. The lowest BCUT2D eigenvalue weighted by atomic mass is 10.3. The fraction of sp³-hybridized carbons (Fsp3) is 0.111. The Kier molecular flexibility index (Phi) is 5.98. The fourth-order valence-electron chi connectivity index (χ4n) is 2.30. The van der Waals surface area contributed by atoms with E-state index in [0.717, 1.165) is 17.2 Å². The molecule has 2 aromatic rings. The number of nitrogens with zero attached hydrogens (tertiary/aromatic N) is 2. The number of hydrogen-bond donors (Lipinski definition) is 2. The van der Waals surface area contributed by atoms with Crippen molar-refractivity contribution in [1.29, 1.82) is 0 Å². The van der Waals surface area contributed by atoms with E-state index in [1.807, 2.05) is 60.7 Å². The molecule has 0 aliphatic carbocycles. The summed E-state index contributed by atoms with van der Waals surface area (Å²) in [4.78, 5) is 27.9. The third kappa shape index (κ3) is 4.90. The average molecular weight is 384 g/mol. The van der Waals surface area contributed by atoms with Crippen molar-refractivity contribution >= 4 is 57.4 Å².